The van der Waals surface area contributed by atoms with Gasteiger partial charge in [-0.25, -0.2) is 9.97 Å². The van der Waals surface area contributed by atoms with Crippen LogP contribution >= 0.6 is 0 Å². The Morgan fingerprint density at radius 3 is 1.61 bits per heavy atom. The van der Waals surface area contributed by atoms with Crippen LogP contribution in [0.1, 0.15) is 78.6 Å². The van der Waals surface area contributed by atoms with Gasteiger partial charge in [0.25, 0.3) is 0 Å². The number of aliphatic carboxylic acids is 1. The van der Waals surface area contributed by atoms with Gasteiger partial charge in [-0.2, -0.15) is 0 Å². The number of hydrogen-bond donors (Lipinski definition) is 0. The molecule has 2 aliphatic heterocycles. The first-order chi connectivity index (χ1) is 20.0. The molecule has 0 aliphatic carbocycles. The number of carboxylic acid groups (broad SMARTS) is 1. The molecule has 5 heterocycles. The molecule has 0 atom stereocenters. The Morgan fingerprint density at radius 1 is 0.727 bits per heavy atom. The topological polar surface area (TPSA) is 111 Å². The normalized spacial score (nSPS) is 12.5. The van der Waals surface area contributed by atoms with Gasteiger partial charge >= 0.3 is 46.6 Å². The number of hydrogen-bond acceptors (Lipinski definition) is 5. The predicted molar refractivity (Wildman–Crippen MR) is 166 cm³/mol. The van der Waals surface area contributed by atoms with E-state index in [0.29, 0.717) is 29.4 Å². The van der Waals surface area contributed by atoms with Gasteiger partial charge < -0.3 is 24.7 Å². The number of rotatable bonds is 8. The quantitative estimate of drug-likeness (QED) is 0.350. The molecule has 44 heavy (non-hydrogen) atoms. The molecule has 220 valence electrons. The summed E-state index contributed by atoms with van der Waals surface area (Å²) in [6.07, 6.45) is 4.67. The molecule has 0 radical (unpaired) electrons. The minimum Gasteiger partial charge on any atom is -0.657 e. The van der Waals surface area contributed by atoms with Crippen molar-refractivity contribution in [3.05, 3.63) is 94.6 Å². The van der Waals surface area contributed by atoms with Crippen molar-refractivity contribution in [2.45, 2.75) is 60.3 Å². The molecule has 0 spiro atoms. The summed E-state index contributed by atoms with van der Waals surface area (Å²) in [5.74, 6) is -1.02. The molecule has 3 aromatic rings. The molecule has 0 amide bonds. The summed E-state index contributed by atoms with van der Waals surface area (Å²) in [5.41, 5.74) is 13.3. The molecule has 9 heteroatoms. The van der Waals surface area contributed by atoms with Crippen LogP contribution in [0.25, 0.3) is 44.4 Å². The Balaban J connectivity index is 0.00000264. The van der Waals surface area contributed by atoms with Crippen molar-refractivity contribution in [1.29, 1.82) is 0 Å². The van der Waals surface area contributed by atoms with Crippen molar-refractivity contribution >= 4 is 56.1 Å². The first kappa shape index (κ1) is 35.2. The number of Topliss-reactive ketones (excluding diaryl/α,β-unsaturated/α-hetero) is 1. The molecule has 0 aromatic carbocycles. The SMILES string of the molecule is C=CC1=C(C)c2cc3[n-]c(cc4[n-]c(cc5nc(cc1n2)C(C)=C5C=C)c(C)c4CCC(C)=O)c(CCC(=O)[O-])c3C.[Fe+2].[Na+]. The number of aromatic nitrogens is 4. The maximum Gasteiger partial charge on any atom is 2.00 e. The van der Waals surface area contributed by atoms with E-state index < -0.39 is 5.97 Å². The van der Waals surface area contributed by atoms with E-state index in [4.69, 9.17) is 19.9 Å². The third-order valence-corrected chi connectivity index (χ3v) is 8.19. The maximum absolute atomic E-state index is 12.0. The number of carbonyl (C=O) groups excluding carboxylic acids is 2. The molecule has 8 bridgehead atoms. The van der Waals surface area contributed by atoms with Crippen molar-refractivity contribution in [3.8, 4) is 0 Å². The van der Waals surface area contributed by atoms with Crippen LogP contribution in [0, 0.1) is 13.8 Å². The summed E-state index contributed by atoms with van der Waals surface area (Å²) < 4.78 is 0. The van der Waals surface area contributed by atoms with Crippen LogP contribution in [0.4, 0.5) is 0 Å². The Bertz CT molecular complexity index is 1930. The molecule has 0 saturated heterocycles. The Hall–Kier alpha value is -3.26. The Morgan fingerprint density at radius 2 is 1.16 bits per heavy atom. The van der Waals surface area contributed by atoms with Gasteiger partial charge in [0.15, 0.2) is 0 Å². The molecular formula is C35H33FeN4NaO3. The van der Waals surface area contributed by atoms with Crippen molar-refractivity contribution in [2.75, 3.05) is 0 Å². The zero-order valence-corrected chi connectivity index (χ0v) is 29.2. The number of fused-ring (bicyclic) bond motifs is 8. The van der Waals surface area contributed by atoms with E-state index in [0.717, 1.165) is 72.8 Å². The first-order valence-electron chi connectivity index (χ1n) is 14.0. The second-order valence-electron chi connectivity index (χ2n) is 10.9. The fourth-order valence-corrected chi connectivity index (χ4v) is 5.68. The monoisotopic (exact) mass is 636 g/mol. The molecule has 0 saturated carbocycles. The molecular weight excluding hydrogens is 603 g/mol. The number of nitrogens with zero attached hydrogens (tertiary/aromatic N) is 4. The predicted octanol–water partition coefficient (Wildman–Crippen LogP) is 2.63. The number of allylic oxidation sites excluding steroid dienone is 6. The van der Waals surface area contributed by atoms with E-state index in [-0.39, 0.29) is 65.3 Å². The average molecular weight is 637 g/mol. The van der Waals surface area contributed by atoms with Crippen LogP contribution in [-0.4, -0.2) is 21.7 Å². The molecule has 0 N–H and O–H groups in total. The third-order valence-electron chi connectivity index (χ3n) is 8.19. The average Bonchev–Trinajstić information content (AvgIpc) is 3.59. The van der Waals surface area contributed by atoms with Crippen LogP contribution < -0.4 is 44.6 Å². The number of ketones is 1. The van der Waals surface area contributed by atoms with Gasteiger partial charge in [0, 0.05) is 23.5 Å². The van der Waals surface area contributed by atoms with Crippen LogP contribution in [-0.2, 0) is 39.5 Å². The van der Waals surface area contributed by atoms with Crippen LogP contribution in [0.15, 0.2) is 49.6 Å². The Kier molecular flexibility index (Phi) is 11.4. The molecule has 3 aromatic heterocycles. The van der Waals surface area contributed by atoms with Crippen molar-refractivity contribution < 1.29 is 61.3 Å². The van der Waals surface area contributed by atoms with E-state index >= 15 is 0 Å². The summed E-state index contributed by atoms with van der Waals surface area (Å²) in [5, 5.41) is 11.4. The summed E-state index contributed by atoms with van der Waals surface area (Å²) in [7, 11) is 0. The minimum absolute atomic E-state index is 0. The second-order valence-corrected chi connectivity index (χ2v) is 10.9. The fraction of sp³-hybridized carbons (Fsp3) is 0.257. The summed E-state index contributed by atoms with van der Waals surface area (Å²) >= 11 is 0. The van der Waals surface area contributed by atoms with E-state index in [1.165, 1.54) is 0 Å². The van der Waals surface area contributed by atoms with Gasteiger partial charge in [0.1, 0.15) is 5.78 Å². The third kappa shape index (κ3) is 6.70. The van der Waals surface area contributed by atoms with Gasteiger partial charge in [-0.05, 0) is 71.1 Å². The van der Waals surface area contributed by atoms with Gasteiger partial charge in [-0.3, -0.25) is 0 Å². The largest absolute Gasteiger partial charge is 2.00 e. The number of carboxylic acids is 1. The summed E-state index contributed by atoms with van der Waals surface area (Å²) in [4.78, 5) is 43.2. The molecule has 2 aliphatic rings. The van der Waals surface area contributed by atoms with Crippen LogP contribution in [0.3, 0.4) is 0 Å². The van der Waals surface area contributed by atoms with Crippen molar-refractivity contribution in [2.24, 2.45) is 0 Å². The van der Waals surface area contributed by atoms with E-state index in [2.05, 4.69) is 13.2 Å². The molecule has 7 nitrogen and oxygen atoms in total. The van der Waals surface area contributed by atoms with Gasteiger partial charge in [-0.15, -0.1) is 22.1 Å². The zero-order chi connectivity index (χ0) is 30.3. The Labute approximate surface area is 290 Å². The van der Waals surface area contributed by atoms with Crippen LogP contribution in [0.5, 0.6) is 0 Å². The summed E-state index contributed by atoms with van der Waals surface area (Å²) in [6.45, 7) is 17.6. The van der Waals surface area contributed by atoms with Crippen molar-refractivity contribution in [1.82, 2.24) is 19.9 Å². The smallest absolute Gasteiger partial charge is 0.657 e. The fourth-order valence-electron chi connectivity index (χ4n) is 5.68. The number of carbonyl (C=O) groups is 2. The van der Waals surface area contributed by atoms with Gasteiger partial charge in [0.2, 0.25) is 0 Å². The number of aryl methyl sites for hydroxylation is 4. The van der Waals surface area contributed by atoms with E-state index in [1.807, 2.05) is 52.0 Å². The van der Waals surface area contributed by atoms with Crippen LogP contribution in [0.2, 0.25) is 0 Å². The molecule has 5 rings (SSSR count). The van der Waals surface area contributed by atoms with Gasteiger partial charge in [-0.1, -0.05) is 65.8 Å². The van der Waals surface area contributed by atoms with Gasteiger partial charge in [0.05, 0.1) is 22.8 Å². The summed E-state index contributed by atoms with van der Waals surface area (Å²) in [6, 6.07) is 7.77. The first-order valence-corrected chi connectivity index (χ1v) is 14.0. The molecule has 0 fully saturated rings. The van der Waals surface area contributed by atoms with E-state index in [9.17, 15) is 14.7 Å². The second kappa shape index (κ2) is 14.2. The van der Waals surface area contributed by atoms with E-state index in [1.54, 1.807) is 19.1 Å². The zero-order valence-electron chi connectivity index (χ0n) is 26.1. The maximum atomic E-state index is 12.0. The van der Waals surface area contributed by atoms with Crippen molar-refractivity contribution in [3.63, 3.8) is 0 Å². The minimum atomic E-state index is -1.12. The standard InChI is InChI=1S/C35H35N4O3.Fe.Na/c1-8-23-19(4)27-14-28-22(7)26(12-13-35(41)42)34(38-28)17-33-25(11-10-18(3)40)21(6)30(39-33)16-32-24(9-2)20(5)29(37-32)15-31(23)36-27;;/h8-9,14-17H,1-2,10-13H2,3-7H3,(H2-,36,37,38,39,41,42);;/q-1;+2;+1/p-2. The molecule has 0 unspecified atom stereocenters.